The third-order valence-electron chi connectivity index (χ3n) is 4.46. The highest BCUT2D eigenvalue weighted by atomic mass is 19.1. The largest absolute Gasteiger partial charge is 0.497 e. The molecule has 0 bridgehead atoms. The van der Waals surface area contributed by atoms with Gasteiger partial charge in [0.1, 0.15) is 17.3 Å². The lowest BCUT2D eigenvalue weighted by molar-refractivity contribution is -0.132. The molecule has 0 unspecified atom stereocenters. The Hall–Kier alpha value is -2.83. The van der Waals surface area contributed by atoms with E-state index in [0.29, 0.717) is 17.1 Å². The number of carbonyl (C=O) groups is 1. The number of halogens is 2. The van der Waals surface area contributed by atoms with Crippen LogP contribution in [-0.4, -0.2) is 44.7 Å². The van der Waals surface area contributed by atoms with E-state index in [2.05, 4.69) is 0 Å². The molecule has 1 amide bonds. The number of benzene rings is 2. The molecule has 1 aliphatic heterocycles. The van der Waals surface area contributed by atoms with Crippen LogP contribution in [0.25, 0.3) is 11.1 Å². The minimum Gasteiger partial charge on any atom is -0.497 e. The highest BCUT2D eigenvalue weighted by Gasteiger charge is 2.19. The Bertz CT molecular complexity index is 835. The Balaban J connectivity index is 1.89. The van der Waals surface area contributed by atoms with Crippen LogP contribution >= 0.6 is 0 Å². The van der Waals surface area contributed by atoms with Gasteiger partial charge in [-0.05, 0) is 36.6 Å². The summed E-state index contributed by atoms with van der Waals surface area (Å²) in [5, 5.41) is 0. The standard InChI is InChI=1S/C20H21F2NO4/c1-25-15-7-13(17-9-14(21)10-18(22)20(17)26-2)8-16(11-15)27-12-19(24)23-5-3-4-6-23/h7-11H,3-6,12H2,1-2H3. The number of ether oxygens (including phenoxy) is 3. The van der Waals surface area contributed by atoms with E-state index in [-0.39, 0.29) is 23.8 Å². The lowest BCUT2D eigenvalue weighted by Gasteiger charge is -2.17. The molecule has 0 atom stereocenters. The summed E-state index contributed by atoms with van der Waals surface area (Å²) < 4.78 is 43.7. The van der Waals surface area contributed by atoms with Gasteiger partial charge in [-0.2, -0.15) is 0 Å². The van der Waals surface area contributed by atoms with E-state index < -0.39 is 11.6 Å². The maximum Gasteiger partial charge on any atom is 0.260 e. The van der Waals surface area contributed by atoms with Crippen LogP contribution in [0.15, 0.2) is 30.3 Å². The van der Waals surface area contributed by atoms with Crippen molar-refractivity contribution < 1.29 is 27.8 Å². The second-order valence-electron chi connectivity index (χ2n) is 6.24. The van der Waals surface area contributed by atoms with Crippen LogP contribution < -0.4 is 14.2 Å². The van der Waals surface area contributed by atoms with E-state index in [1.165, 1.54) is 20.3 Å². The lowest BCUT2D eigenvalue weighted by atomic mass is 10.0. The zero-order chi connectivity index (χ0) is 19.4. The Morgan fingerprint density at radius 3 is 2.37 bits per heavy atom. The van der Waals surface area contributed by atoms with Crippen molar-refractivity contribution >= 4 is 5.91 Å². The average molecular weight is 377 g/mol. The molecule has 1 heterocycles. The Kier molecular flexibility index (Phi) is 5.78. The van der Waals surface area contributed by atoms with Crippen LogP contribution in [0.5, 0.6) is 17.2 Å². The molecule has 1 saturated heterocycles. The number of rotatable bonds is 6. The molecule has 2 aromatic carbocycles. The molecule has 0 aromatic heterocycles. The van der Waals surface area contributed by atoms with Gasteiger partial charge in [-0.25, -0.2) is 8.78 Å². The first-order valence-corrected chi connectivity index (χ1v) is 8.65. The summed E-state index contributed by atoms with van der Waals surface area (Å²) in [7, 11) is 2.79. The van der Waals surface area contributed by atoms with Gasteiger partial charge in [0.2, 0.25) is 0 Å². The van der Waals surface area contributed by atoms with Gasteiger partial charge < -0.3 is 19.1 Å². The molecule has 0 N–H and O–H groups in total. The Labute approximate surface area is 156 Å². The van der Waals surface area contributed by atoms with Crippen LogP contribution in [0.2, 0.25) is 0 Å². The number of likely N-dealkylation sites (tertiary alicyclic amines) is 1. The van der Waals surface area contributed by atoms with Gasteiger partial charge in [-0.1, -0.05) is 0 Å². The number of carbonyl (C=O) groups excluding carboxylic acids is 1. The first kappa shape index (κ1) is 18.9. The summed E-state index contributed by atoms with van der Waals surface area (Å²) in [5.41, 5.74) is 0.679. The molecule has 0 aliphatic carbocycles. The Morgan fingerprint density at radius 2 is 1.70 bits per heavy atom. The molecule has 5 nitrogen and oxygen atoms in total. The van der Waals surface area contributed by atoms with Crippen molar-refractivity contribution in [1.82, 2.24) is 4.90 Å². The number of nitrogens with zero attached hydrogens (tertiary/aromatic N) is 1. The first-order valence-electron chi connectivity index (χ1n) is 8.65. The molecule has 0 radical (unpaired) electrons. The number of hydrogen-bond donors (Lipinski definition) is 0. The number of hydrogen-bond acceptors (Lipinski definition) is 4. The van der Waals surface area contributed by atoms with Gasteiger partial charge in [-0.15, -0.1) is 0 Å². The van der Waals surface area contributed by atoms with E-state index >= 15 is 0 Å². The van der Waals surface area contributed by atoms with Crippen LogP contribution in [0.1, 0.15) is 12.8 Å². The average Bonchev–Trinajstić information content (AvgIpc) is 3.20. The minimum atomic E-state index is -0.804. The molecule has 3 rings (SSSR count). The summed E-state index contributed by atoms with van der Waals surface area (Å²) in [5.74, 6) is -0.902. The second-order valence-corrected chi connectivity index (χ2v) is 6.24. The van der Waals surface area contributed by atoms with Gasteiger partial charge in [0.15, 0.2) is 18.2 Å². The monoisotopic (exact) mass is 377 g/mol. The number of amides is 1. The van der Waals surface area contributed by atoms with Crippen LogP contribution in [0.4, 0.5) is 8.78 Å². The predicted molar refractivity (Wildman–Crippen MR) is 96.2 cm³/mol. The van der Waals surface area contributed by atoms with Crippen molar-refractivity contribution in [2.45, 2.75) is 12.8 Å². The normalized spacial score (nSPS) is 13.6. The summed E-state index contributed by atoms with van der Waals surface area (Å²) in [6, 6.07) is 6.76. The Morgan fingerprint density at radius 1 is 1.00 bits per heavy atom. The molecule has 0 spiro atoms. The van der Waals surface area contributed by atoms with Crippen molar-refractivity contribution in [1.29, 1.82) is 0 Å². The van der Waals surface area contributed by atoms with E-state index in [9.17, 15) is 13.6 Å². The SMILES string of the molecule is COc1cc(OCC(=O)N2CCCC2)cc(-c2cc(F)cc(F)c2OC)c1. The molecular formula is C20H21F2NO4. The molecule has 1 aliphatic rings. The maximum absolute atomic E-state index is 14.0. The fraction of sp³-hybridized carbons (Fsp3) is 0.350. The quantitative estimate of drug-likeness (QED) is 0.771. The van der Waals surface area contributed by atoms with Gasteiger partial charge in [-0.3, -0.25) is 4.79 Å². The molecule has 2 aromatic rings. The van der Waals surface area contributed by atoms with E-state index in [1.807, 2.05) is 0 Å². The molecule has 0 saturated carbocycles. The van der Waals surface area contributed by atoms with Crippen LogP contribution in [0, 0.1) is 11.6 Å². The van der Waals surface area contributed by atoms with Crippen molar-refractivity contribution in [3.8, 4) is 28.4 Å². The van der Waals surface area contributed by atoms with Gasteiger partial charge in [0.05, 0.1) is 14.2 Å². The van der Waals surface area contributed by atoms with Gasteiger partial charge in [0.25, 0.3) is 5.91 Å². The highest BCUT2D eigenvalue weighted by Crippen LogP contribution is 2.37. The summed E-state index contributed by atoms with van der Waals surface area (Å²) in [4.78, 5) is 13.9. The molecule has 1 fully saturated rings. The minimum absolute atomic E-state index is 0.0799. The third kappa shape index (κ3) is 4.30. The van der Waals surface area contributed by atoms with Gasteiger partial charge in [0, 0.05) is 30.8 Å². The third-order valence-corrected chi connectivity index (χ3v) is 4.46. The van der Waals surface area contributed by atoms with E-state index in [1.54, 1.807) is 23.1 Å². The molecule has 144 valence electrons. The second kappa shape index (κ2) is 8.24. The fourth-order valence-electron chi connectivity index (χ4n) is 3.11. The highest BCUT2D eigenvalue weighted by molar-refractivity contribution is 5.78. The summed E-state index contributed by atoms with van der Waals surface area (Å²) >= 11 is 0. The molecule has 27 heavy (non-hydrogen) atoms. The van der Waals surface area contributed by atoms with Gasteiger partial charge >= 0.3 is 0 Å². The smallest absolute Gasteiger partial charge is 0.260 e. The first-order chi connectivity index (χ1) is 13.0. The zero-order valence-electron chi connectivity index (χ0n) is 15.3. The topological polar surface area (TPSA) is 48.0 Å². The maximum atomic E-state index is 14.0. The van der Waals surface area contributed by atoms with Crippen molar-refractivity contribution in [2.24, 2.45) is 0 Å². The summed E-state index contributed by atoms with van der Waals surface area (Å²) in [6.07, 6.45) is 2.00. The predicted octanol–water partition coefficient (Wildman–Crippen LogP) is 3.65. The molecular weight excluding hydrogens is 356 g/mol. The summed E-state index contributed by atoms with van der Waals surface area (Å²) in [6.45, 7) is 1.37. The van der Waals surface area contributed by atoms with E-state index in [0.717, 1.165) is 32.0 Å². The molecule has 7 heteroatoms. The lowest BCUT2D eigenvalue weighted by Crippen LogP contribution is -2.32. The van der Waals surface area contributed by atoms with Crippen molar-refractivity contribution in [3.05, 3.63) is 42.0 Å². The van der Waals surface area contributed by atoms with E-state index in [4.69, 9.17) is 14.2 Å². The van der Waals surface area contributed by atoms with Crippen LogP contribution in [0.3, 0.4) is 0 Å². The van der Waals surface area contributed by atoms with Crippen molar-refractivity contribution in [2.75, 3.05) is 33.9 Å². The van der Waals surface area contributed by atoms with Crippen LogP contribution in [-0.2, 0) is 4.79 Å². The fourth-order valence-corrected chi connectivity index (χ4v) is 3.11. The van der Waals surface area contributed by atoms with Crippen molar-refractivity contribution in [3.63, 3.8) is 0 Å². The number of methoxy groups -OCH3 is 2. The zero-order valence-corrected chi connectivity index (χ0v) is 15.3.